The lowest BCUT2D eigenvalue weighted by atomic mass is 9.89. The van der Waals surface area contributed by atoms with Crippen molar-refractivity contribution in [3.05, 3.63) is 0 Å². The van der Waals surface area contributed by atoms with E-state index in [4.69, 9.17) is 4.74 Å². The minimum absolute atomic E-state index is 0.0477. The Bertz CT molecular complexity index is 466. The van der Waals surface area contributed by atoms with Crippen molar-refractivity contribution in [2.45, 2.75) is 56.8 Å². The summed E-state index contributed by atoms with van der Waals surface area (Å²) in [5.41, 5.74) is 0.361. The zero-order valence-electron chi connectivity index (χ0n) is 13.6. The van der Waals surface area contributed by atoms with E-state index in [-0.39, 0.29) is 17.9 Å². The lowest BCUT2D eigenvalue weighted by molar-refractivity contribution is -0.146. The maximum atomic E-state index is 12.5. The lowest BCUT2D eigenvalue weighted by Crippen LogP contribution is -2.54. The Balaban J connectivity index is 1.58. The van der Waals surface area contributed by atoms with Crippen LogP contribution in [0.3, 0.4) is 0 Å². The number of hydrogen-bond donors (Lipinski definition) is 4. The van der Waals surface area contributed by atoms with E-state index in [0.717, 1.165) is 32.4 Å². The van der Waals surface area contributed by atoms with Crippen molar-refractivity contribution in [2.75, 3.05) is 20.2 Å². The molecule has 3 aliphatic rings. The van der Waals surface area contributed by atoms with Gasteiger partial charge in [0.05, 0.1) is 13.2 Å². The first kappa shape index (κ1) is 16.7. The largest absolute Gasteiger partial charge is 0.467 e. The van der Waals surface area contributed by atoms with Gasteiger partial charge in [0, 0.05) is 5.92 Å². The average molecular weight is 325 g/mol. The number of nitrogens with one attached hydrogen (secondary N) is 3. The number of amides is 1. The number of methoxy groups -OCH3 is 1. The van der Waals surface area contributed by atoms with Crippen molar-refractivity contribution in [3.63, 3.8) is 0 Å². The zero-order valence-corrected chi connectivity index (χ0v) is 13.6. The second-order valence-corrected chi connectivity index (χ2v) is 7.23. The summed E-state index contributed by atoms with van der Waals surface area (Å²) in [7, 11) is 1.32. The maximum Gasteiger partial charge on any atom is 0.328 e. The number of esters is 1. The fourth-order valence-corrected chi connectivity index (χ4v) is 3.85. The normalized spacial score (nSPS) is 33.2. The molecule has 1 saturated carbocycles. The molecule has 7 heteroatoms. The van der Waals surface area contributed by atoms with Crippen LogP contribution in [-0.4, -0.2) is 55.5 Å². The molecule has 1 aliphatic carbocycles. The number of ether oxygens (including phenoxy) is 1. The molecule has 0 radical (unpaired) electrons. The van der Waals surface area contributed by atoms with E-state index in [9.17, 15) is 14.7 Å². The molecule has 7 nitrogen and oxygen atoms in total. The van der Waals surface area contributed by atoms with Gasteiger partial charge >= 0.3 is 5.97 Å². The molecule has 1 unspecified atom stereocenters. The van der Waals surface area contributed by atoms with Gasteiger partial charge in [-0.3, -0.25) is 10.1 Å². The summed E-state index contributed by atoms with van der Waals surface area (Å²) in [6.07, 6.45) is 4.95. The average Bonchev–Trinajstić information content (AvgIpc) is 3.17. The number of carbonyl (C=O) groups excluding carboxylic acids is 2. The van der Waals surface area contributed by atoms with E-state index in [1.807, 2.05) is 0 Å². The molecule has 130 valence electrons. The third-order valence-electron chi connectivity index (χ3n) is 5.61. The van der Waals surface area contributed by atoms with Gasteiger partial charge < -0.3 is 20.5 Å². The van der Waals surface area contributed by atoms with E-state index in [0.29, 0.717) is 11.8 Å². The van der Waals surface area contributed by atoms with E-state index < -0.39 is 18.2 Å². The molecule has 3 fully saturated rings. The highest BCUT2D eigenvalue weighted by atomic mass is 16.5. The number of piperidine rings is 1. The van der Waals surface area contributed by atoms with Crippen LogP contribution in [0.25, 0.3) is 0 Å². The van der Waals surface area contributed by atoms with Crippen LogP contribution >= 0.6 is 0 Å². The second kappa shape index (κ2) is 6.75. The summed E-state index contributed by atoms with van der Waals surface area (Å²) < 4.78 is 4.82. The van der Waals surface area contributed by atoms with Crippen molar-refractivity contribution in [1.29, 1.82) is 0 Å². The van der Waals surface area contributed by atoms with Crippen LogP contribution in [0.4, 0.5) is 0 Å². The Hall–Kier alpha value is -1.18. The smallest absolute Gasteiger partial charge is 0.328 e. The summed E-state index contributed by atoms with van der Waals surface area (Å²) in [6.45, 7) is 1.58. The van der Waals surface area contributed by atoms with Gasteiger partial charge in [0.25, 0.3) is 0 Å². The van der Waals surface area contributed by atoms with Gasteiger partial charge in [0.15, 0.2) is 0 Å². The van der Waals surface area contributed by atoms with Gasteiger partial charge in [-0.05, 0) is 57.0 Å². The first-order valence-corrected chi connectivity index (χ1v) is 8.56. The van der Waals surface area contributed by atoms with E-state index in [1.54, 1.807) is 0 Å². The summed E-state index contributed by atoms with van der Waals surface area (Å²) in [4.78, 5) is 24.5. The van der Waals surface area contributed by atoms with Crippen molar-refractivity contribution in [1.82, 2.24) is 16.0 Å². The molecule has 0 aromatic heterocycles. The predicted octanol–water partition coefficient (Wildman–Crippen LogP) is -0.506. The third kappa shape index (κ3) is 3.84. The minimum Gasteiger partial charge on any atom is -0.467 e. The van der Waals surface area contributed by atoms with E-state index in [2.05, 4.69) is 16.0 Å². The van der Waals surface area contributed by atoms with Crippen LogP contribution in [0, 0.1) is 11.3 Å². The summed E-state index contributed by atoms with van der Waals surface area (Å²) >= 11 is 0. The second-order valence-electron chi connectivity index (χ2n) is 7.23. The van der Waals surface area contributed by atoms with Crippen LogP contribution in [0.5, 0.6) is 0 Å². The molecular weight excluding hydrogens is 298 g/mol. The number of rotatable bonds is 5. The van der Waals surface area contributed by atoms with E-state index >= 15 is 0 Å². The molecule has 0 aromatic rings. The molecule has 2 heterocycles. The van der Waals surface area contributed by atoms with Gasteiger partial charge in [-0.2, -0.15) is 0 Å². The van der Waals surface area contributed by atoms with Crippen molar-refractivity contribution in [3.8, 4) is 0 Å². The van der Waals surface area contributed by atoms with Gasteiger partial charge in [0.1, 0.15) is 12.3 Å². The number of aliphatic hydroxyl groups excluding tert-OH is 1. The Labute approximate surface area is 136 Å². The third-order valence-corrected chi connectivity index (χ3v) is 5.61. The molecular formula is C16H27N3O4. The molecule has 2 saturated heterocycles. The van der Waals surface area contributed by atoms with Crippen LogP contribution < -0.4 is 16.0 Å². The fourth-order valence-electron chi connectivity index (χ4n) is 3.85. The van der Waals surface area contributed by atoms with Gasteiger partial charge in [-0.25, -0.2) is 4.79 Å². The van der Waals surface area contributed by atoms with Crippen molar-refractivity contribution in [2.24, 2.45) is 11.3 Å². The van der Waals surface area contributed by atoms with Crippen LogP contribution in [-0.2, 0) is 14.3 Å². The lowest BCUT2D eigenvalue weighted by Gasteiger charge is -2.31. The SMILES string of the molecule is COC(=O)[C@H](C[C@@H]1CCNC1O)NC(=O)[C@@H]1CC2(CCN1)CC2. The molecule has 4 N–H and O–H groups in total. The predicted molar refractivity (Wildman–Crippen MR) is 83.4 cm³/mol. The summed E-state index contributed by atoms with van der Waals surface area (Å²) in [5.74, 6) is -0.630. The molecule has 1 amide bonds. The Kier molecular flexibility index (Phi) is 4.89. The molecule has 23 heavy (non-hydrogen) atoms. The van der Waals surface area contributed by atoms with Gasteiger partial charge in [-0.15, -0.1) is 0 Å². The monoisotopic (exact) mass is 325 g/mol. The Morgan fingerprint density at radius 3 is 2.70 bits per heavy atom. The summed E-state index contributed by atoms with van der Waals surface area (Å²) in [6, 6.07) is -0.934. The van der Waals surface area contributed by atoms with Gasteiger partial charge in [0.2, 0.25) is 5.91 Å². The molecule has 0 bridgehead atoms. The van der Waals surface area contributed by atoms with E-state index in [1.165, 1.54) is 20.0 Å². The number of aliphatic hydroxyl groups is 1. The minimum atomic E-state index is -0.703. The number of hydrogen-bond acceptors (Lipinski definition) is 6. The topological polar surface area (TPSA) is 99.7 Å². The van der Waals surface area contributed by atoms with Gasteiger partial charge in [-0.1, -0.05) is 0 Å². The molecule has 0 aromatic carbocycles. The first-order chi connectivity index (χ1) is 11.0. The quantitative estimate of drug-likeness (QED) is 0.508. The van der Waals surface area contributed by atoms with Crippen molar-refractivity contribution < 1.29 is 19.4 Å². The fraction of sp³-hybridized carbons (Fsp3) is 0.875. The van der Waals surface area contributed by atoms with Crippen LogP contribution in [0.15, 0.2) is 0 Å². The van der Waals surface area contributed by atoms with Crippen LogP contribution in [0.2, 0.25) is 0 Å². The molecule has 3 rings (SSSR count). The summed E-state index contributed by atoms with van der Waals surface area (Å²) in [5, 5.41) is 18.9. The highest BCUT2D eigenvalue weighted by Crippen LogP contribution is 2.53. The molecule has 2 aliphatic heterocycles. The Morgan fingerprint density at radius 1 is 1.30 bits per heavy atom. The standard InChI is InChI=1S/C16H27N3O4/c1-23-15(22)11(8-10-2-6-18-13(10)20)19-14(21)12-9-16(3-4-16)5-7-17-12/h10-13,17-18,20H,2-9H2,1H3,(H,19,21)/t10-,11-,12-,13?/m0/s1. The highest BCUT2D eigenvalue weighted by molar-refractivity contribution is 5.87. The molecule has 4 atom stereocenters. The maximum absolute atomic E-state index is 12.5. The highest BCUT2D eigenvalue weighted by Gasteiger charge is 2.47. The van der Waals surface area contributed by atoms with Crippen LogP contribution in [0.1, 0.15) is 38.5 Å². The Morgan fingerprint density at radius 2 is 2.09 bits per heavy atom. The first-order valence-electron chi connectivity index (χ1n) is 8.56. The molecule has 1 spiro atoms. The zero-order chi connectivity index (χ0) is 16.4. The number of carbonyl (C=O) groups is 2. The van der Waals surface area contributed by atoms with Crippen molar-refractivity contribution >= 4 is 11.9 Å².